The standard InChI is InChI=1S/C66H51BN4/c1-65(2,3)47-35-51-49-31-44(40-19-11-7-12-20-40)27-29-57(49)70-59-33-46(64-68-55(42-23-15-9-16-24-42)39-56(69-64)43-25-17-10-18-26-43)34-60-61(59)67(53(37-47)62(51)70)54-38-48(66(4,5)6)36-52-50-32-45(41-21-13-8-14-22-41)28-30-58(50)71(60)63(52)54/h7-39H,1-6H3. The fourth-order valence-corrected chi connectivity index (χ4v) is 11.8. The van der Waals surface area contributed by atoms with Gasteiger partial charge in [0.25, 0.3) is 6.71 Å². The van der Waals surface area contributed by atoms with E-state index in [0.29, 0.717) is 5.82 Å². The van der Waals surface area contributed by atoms with Crippen molar-refractivity contribution in [1.29, 1.82) is 0 Å². The Balaban J connectivity index is 1.16. The monoisotopic (exact) mass is 910 g/mol. The molecule has 0 saturated carbocycles. The summed E-state index contributed by atoms with van der Waals surface area (Å²) in [6.07, 6.45) is 0. The fourth-order valence-electron chi connectivity index (χ4n) is 11.8. The van der Waals surface area contributed by atoms with Crippen LogP contribution in [0.3, 0.4) is 0 Å². The smallest absolute Gasteiger partial charge is 0.252 e. The van der Waals surface area contributed by atoms with E-state index in [1.165, 1.54) is 105 Å². The molecule has 2 aliphatic heterocycles. The Morgan fingerprint density at radius 3 is 1.14 bits per heavy atom. The molecule has 0 amide bonds. The van der Waals surface area contributed by atoms with Crippen molar-refractivity contribution in [3.05, 3.63) is 211 Å². The molecule has 0 spiro atoms. The first-order valence-corrected chi connectivity index (χ1v) is 25.0. The molecule has 5 heteroatoms. The van der Waals surface area contributed by atoms with Crippen LogP contribution in [0.15, 0.2) is 200 Å². The molecule has 0 fully saturated rings. The molecule has 0 atom stereocenters. The topological polar surface area (TPSA) is 35.6 Å². The SMILES string of the molecule is CC(C)(C)c1cc2c3c(c1)c1cc(-c4ccccc4)ccc1n3-c1cc(-c3nc(-c4ccccc4)cc(-c4ccccc4)n3)cc3c1B2c1cc(C(C)(C)C)cc2c4cc(-c5ccccc5)ccc4n-3c12. The van der Waals surface area contributed by atoms with Crippen LogP contribution in [0.5, 0.6) is 0 Å². The summed E-state index contributed by atoms with van der Waals surface area (Å²) in [5.41, 5.74) is 23.5. The highest BCUT2D eigenvalue weighted by molar-refractivity contribution is 7.00. The summed E-state index contributed by atoms with van der Waals surface area (Å²) in [5.74, 6) is 0.696. The van der Waals surface area contributed by atoms with Crippen LogP contribution in [0.1, 0.15) is 52.7 Å². The lowest BCUT2D eigenvalue weighted by Crippen LogP contribution is -2.59. The zero-order chi connectivity index (χ0) is 47.9. The average molecular weight is 911 g/mol. The highest BCUT2D eigenvalue weighted by atomic mass is 15.0. The van der Waals surface area contributed by atoms with Crippen molar-refractivity contribution in [2.24, 2.45) is 0 Å². The van der Waals surface area contributed by atoms with Crippen LogP contribution in [0.25, 0.3) is 111 Å². The van der Waals surface area contributed by atoms with Gasteiger partial charge in [0.05, 0.1) is 22.4 Å². The first kappa shape index (κ1) is 41.7. The maximum atomic E-state index is 5.49. The molecule has 0 aliphatic carbocycles. The number of hydrogen-bond acceptors (Lipinski definition) is 2. The largest absolute Gasteiger partial charge is 0.310 e. The van der Waals surface area contributed by atoms with E-state index in [4.69, 9.17) is 9.97 Å². The normalized spacial score (nSPS) is 12.9. The summed E-state index contributed by atoms with van der Waals surface area (Å²) in [6.45, 7) is 14.1. The summed E-state index contributed by atoms with van der Waals surface area (Å²) in [7, 11) is 0. The Morgan fingerprint density at radius 2 is 0.746 bits per heavy atom. The molecule has 0 bridgehead atoms. The zero-order valence-corrected chi connectivity index (χ0v) is 40.9. The van der Waals surface area contributed by atoms with Crippen molar-refractivity contribution in [3.63, 3.8) is 0 Å². The van der Waals surface area contributed by atoms with Gasteiger partial charge in [-0.1, -0.05) is 187 Å². The van der Waals surface area contributed by atoms with E-state index in [9.17, 15) is 0 Å². The maximum absolute atomic E-state index is 5.49. The van der Waals surface area contributed by atoms with E-state index < -0.39 is 0 Å². The highest BCUT2D eigenvalue weighted by Gasteiger charge is 2.43. The molecular formula is C66H51BN4. The molecule has 0 radical (unpaired) electrons. The second-order valence-electron chi connectivity index (χ2n) is 21.8. The lowest BCUT2D eigenvalue weighted by molar-refractivity contribution is 0.591. The van der Waals surface area contributed by atoms with Crippen molar-refractivity contribution in [2.45, 2.75) is 52.4 Å². The van der Waals surface area contributed by atoms with E-state index in [1.54, 1.807) is 0 Å². The molecule has 2 aliphatic rings. The first-order valence-electron chi connectivity index (χ1n) is 25.0. The molecule has 3 aromatic heterocycles. The molecule has 0 unspecified atom stereocenters. The summed E-state index contributed by atoms with van der Waals surface area (Å²) < 4.78 is 5.18. The summed E-state index contributed by atoms with van der Waals surface area (Å²) in [4.78, 5) is 11.0. The van der Waals surface area contributed by atoms with E-state index >= 15 is 0 Å². The number of rotatable bonds is 5. The van der Waals surface area contributed by atoms with Crippen molar-refractivity contribution in [2.75, 3.05) is 0 Å². The van der Waals surface area contributed by atoms with Gasteiger partial charge in [0.2, 0.25) is 0 Å². The van der Waals surface area contributed by atoms with Gasteiger partial charge < -0.3 is 9.13 Å². The predicted molar refractivity (Wildman–Crippen MR) is 300 cm³/mol. The zero-order valence-electron chi connectivity index (χ0n) is 40.9. The van der Waals surface area contributed by atoms with E-state index in [0.717, 1.165) is 28.1 Å². The Hall–Kier alpha value is -8.28. The maximum Gasteiger partial charge on any atom is 0.252 e. The van der Waals surface area contributed by atoms with E-state index in [-0.39, 0.29) is 17.5 Å². The van der Waals surface area contributed by atoms with Gasteiger partial charge in [-0.2, -0.15) is 0 Å². The summed E-state index contributed by atoms with van der Waals surface area (Å²) in [5, 5.41) is 5.08. The Kier molecular flexibility index (Phi) is 8.87. The van der Waals surface area contributed by atoms with Crippen LogP contribution in [-0.4, -0.2) is 25.8 Å². The minimum Gasteiger partial charge on any atom is -0.310 e. The molecule has 71 heavy (non-hydrogen) atoms. The third kappa shape index (κ3) is 6.38. The molecule has 4 nitrogen and oxygen atoms in total. The lowest BCUT2D eigenvalue weighted by atomic mass is 9.34. The number of nitrogens with zero attached hydrogens (tertiary/aromatic N) is 4. The van der Waals surface area contributed by atoms with Gasteiger partial charge in [0, 0.05) is 60.6 Å². The Labute approximate surface area is 415 Å². The lowest BCUT2D eigenvalue weighted by Gasteiger charge is -2.35. The van der Waals surface area contributed by atoms with Gasteiger partial charge >= 0.3 is 0 Å². The number of aromatic nitrogens is 4. The second-order valence-corrected chi connectivity index (χ2v) is 21.8. The third-order valence-corrected chi connectivity index (χ3v) is 15.4. The van der Waals surface area contributed by atoms with Gasteiger partial charge in [-0.3, -0.25) is 0 Å². The minimum atomic E-state index is -0.0966. The molecule has 9 aromatic carbocycles. The Bertz CT molecular complexity index is 3890. The van der Waals surface area contributed by atoms with Gasteiger partial charge in [0.15, 0.2) is 5.82 Å². The van der Waals surface area contributed by atoms with Gasteiger partial charge in [0.1, 0.15) is 0 Å². The van der Waals surface area contributed by atoms with Crippen molar-refractivity contribution in [1.82, 2.24) is 19.1 Å². The number of fused-ring (bicyclic) bond motifs is 10. The van der Waals surface area contributed by atoms with Crippen LogP contribution in [0.4, 0.5) is 0 Å². The molecular weight excluding hydrogens is 860 g/mol. The third-order valence-electron chi connectivity index (χ3n) is 15.4. The van der Waals surface area contributed by atoms with Gasteiger partial charge in [-0.25, -0.2) is 9.97 Å². The first-order chi connectivity index (χ1) is 34.5. The van der Waals surface area contributed by atoms with E-state index in [1.807, 2.05) is 0 Å². The van der Waals surface area contributed by atoms with Crippen LogP contribution in [-0.2, 0) is 10.8 Å². The molecule has 12 aromatic rings. The number of hydrogen-bond donors (Lipinski definition) is 0. The number of benzene rings is 9. The predicted octanol–water partition coefficient (Wildman–Crippen LogP) is 14.7. The second kappa shape index (κ2) is 15.1. The summed E-state index contributed by atoms with van der Waals surface area (Å²) in [6, 6.07) is 74.0. The summed E-state index contributed by atoms with van der Waals surface area (Å²) >= 11 is 0. The molecule has 338 valence electrons. The molecule has 5 heterocycles. The van der Waals surface area contributed by atoms with Gasteiger partial charge in [-0.15, -0.1) is 0 Å². The average Bonchev–Trinajstić information content (AvgIpc) is 3.91. The van der Waals surface area contributed by atoms with E-state index in [2.05, 4.69) is 251 Å². The van der Waals surface area contributed by atoms with Crippen LogP contribution in [0.2, 0.25) is 0 Å². The van der Waals surface area contributed by atoms with Crippen LogP contribution < -0.4 is 16.4 Å². The molecule has 0 N–H and O–H groups in total. The minimum absolute atomic E-state index is 0.0455. The van der Waals surface area contributed by atoms with Crippen LogP contribution in [0, 0.1) is 0 Å². The van der Waals surface area contributed by atoms with Gasteiger partial charge in [-0.05, 0) is 115 Å². The van der Waals surface area contributed by atoms with Crippen molar-refractivity contribution >= 4 is 66.7 Å². The van der Waals surface area contributed by atoms with Crippen molar-refractivity contribution in [3.8, 4) is 67.5 Å². The Morgan fingerprint density at radius 1 is 0.352 bits per heavy atom. The quantitative estimate of drug-likeness (QED) is 0.161. The van der Waals surface area contributed by atoms with Crippen LogP contribution >= 0.6 is 0 Å². The van der Waals surface area contributed by atoms with Crippen molar-refractivity contribution < 1.29 is 0 Å². The molecule has 0 saturated heterocycles. The fraction of sp³-hybridized carbons (Fsp3) is 0.121. The highest BCUT2D eigenvalue weighted by Crippen LogP contribution is 2.44. The molecule has 14 rings (SSSR count).